The molecule has 0 bridgehead atoms. The molecular formula is C23H21Cl2N3O4. The van der Waals surface area contributed by atoms with Gasteiger partial charge in [-0.25, -0.2) is 10.2 Å². The van der Waals surface area contributed by atoms with Gasteiger partial charge in [0.15, 0.2) is 0 Å². The van der Waals surface area contributed by atoms with Crippen molar-refractivity contribution in [1.82, 2.24) is 10.7 Å². The van der Waals surface area contributed by atoms with Gasteiger partial charge < -0.3 is 14.5 Å². The highest BCUT2D eigenvalue weighted by molar-refractivity contribution is 6.43. The molecule has 32 heavy (non-hydrogen) atoms. The first-order valence-corrected chi connectivity index (χ1v) is 10.6. The topological polar surface area (TPSA) is 92.9 Å². The molecule has 0 aliphatic heterocycles. The number of hydrogen-bond donors (Lipinski definition) is 2. The van der Waals surface area contributed by atoms with E-state index in [4.69, 9.17) is 32.4 Å². The fraction of sp³-hybridized carbons (Fsp3) is 0.174. The lowest BCUT2D eigenvalue weighted by atomic mass is 10.1. The summed E-state index contributed by atoms with van der Waals surface area (Å²) in [5, 5.41) is 7.29. The third-order valence-corrected chi connectivity index (χ3v) is 5.20. The molecule has 166 valence electrons. The summed E-state index contributed by atoms with van der Waals surface area (Å²) in [6.07, 6.45) is 0.949. The summed E-state index contributed by atoms with van der Waals surface area (Å²) in [5.74, 6) is 0.410. The van der Waals surface area contributed by atoms with E-state index in [0.717, 1.165) is 5.56 Å². The standard InChI is InChI=1S/C23H21Cl2N3O4/c1-2-31-23(30)27-19(13-15-7-4-3-5-8-15)22(29)28-26-14-16-11-12-20(32-16)17-9-6-10-18(24)21(17)25/h3-12,14,19H,2,13H2,1H3,(H,27,30)(H,28,29)/b26-14-/t19-/m0/s1. The average molecular weight is 474 g/mol. The van der Waals surface area contributed by atoms with Crippen molar-refractivity contribution >= 4 is 41.4 Å². The summed E-state index contributed by atoms with van der Waals surface area (Å²) in [5.41, 5.74) is 3.94. The van der Waals surface area contributed by atoms with E-state index in [1.165, 1.54) is 6.21 Å². The number of ether oxygens (including phenoxy) is 1. The Kier molecular flexibility index (Phi) is 8.30. The Labute approximate surface area is 195 Å². The summed E-state index contributed by atoms with van der Waals surface area (Å²) in [6, 6.07) is 17.1. The zero-order chi connectivity index (χ0) is 22.9. The Hall–Kier alpha value is -3.29. The summed E-state index contributed by atoms with van der Waals surface area (Å²) in [7, 11) is 0. The normalized spacial score (nSPS) is 11.8. The molecule has 3 rings (SSSR count). The van der Waals surface area contributed by atoms with Crippen LogP contribution in [-0.4, -0.2) is 30.9 Å². The maximum atomic E-state index is 12.6. The number of halogens is 2. The van der Waals surface area contributed by atoms with Gasteiger partial charge in [-0.2, -0.15) is 5.10 Å². The molecule has 9 heteroatoms. The number of nitrogens with one attached hydrogen (secondary N) is 2. The fourth-order valence-electron chi connectivity index (χ4n) is 2.87. The van der Waals surface area contributed by atoms with Gasteiger partial charge >= 0.3 is 6.09 Å². The summed E-state index contributed by atoms with van der Waals surface area (Å²) < 4.78 is 10.6. The van der Waals surface area contributed by atoms with E-state index in [1.807, 2.05) is 30.3 Å². The minimum atomic E-state index is -0.869. The summed E-state index contributed by atoms with van der Waals surface area (Å²) in [6.45, 7) is 1.88. The van der Waals surface area contributed by atoms with E-state index in [-0.39, 0.29) is 13.0 Å². The molecule has 2 N–H and O–H groups in total. The molecule has 1 atom stereocenters. The van der Waals surface area contributed by atoms with Crippen LogP contribution in [0, 0.1) is 0 Å². The van der Waals surface area contributed by atoms with Gasteiger partial charge in [-0.1, -0.05) is 59.6 Å². The zero-order valence-electron chi connectivity index (χ0n) is 17.2. The monoisotopic (exact) mass is 473 g/mol. The number of furan rings is 1. The van der Waals surface area contributed by atoms with Gasteiger partial charge in [-0.3, -0.25) is 4.79 Å². The molecule has 0 aliphatic carbocycles. The average Bonchev–Trinajstić information content (AvgIpc) is 3.24. The van der Waals surface area contributed by atoms with Crippen LogP contribution in [0.5, 0.6) is 0 Å². The largest absolute Gasteiger partial charge is 0.455 e. The maximum absolute atomic E-state index is 12.6. The fourth-order valence-corrected chi connectivity index (χ4v) is 3.27. The molecule has 0 saturated carbocycles. The summed E-state index contributed by atoms with van der Waals surface area (Å²) >= 11 is 12.3. The highest BCUT2D eigenvalue weighted by Gasteiger charge is 2.21. The molecule has 1 aromatic heterocycles. The third kappa shape index (κ3) is 6.35. The van der Waals surface area contributed by atoms with Crippen molar-refractivity contribution in [3.8, 4) is 11.3 Å². The van der Waals surface area contributed by atoms with Crippen LogP contribution in [0.2, 0.25) is 10.0 Å². The van der Waals surface area contributed by atoms with Gasteiger partial charge in [-0.05, 0) is 36.8 Å². The number of carbonyl (C=O) groups is 2. The quantitative estimate of drug-likeness (QED) is 0.353. The van der Waals surface area contributed by atoms with Gasteiger partial charge in [0.05, 0.1) is 22.9 Å². The predicted molar refractivity (Wildman–Crippen MR) is 124 cm³/mol. The molecule has 1 heterocycles. The number of nitrogens with zero attached hydrogens (tertiary/aromatic N) is 1. The minimum absolute atomic E-state index is 0.196. The first kappa shape index (κ1) is 23.4. The molecule has 0 saturated heterocycles. The minimum Gasteiger partial charge on any atom is -0.455 e. The first-order valence-electron chi connectivity index (χ1n) is 9.82. The van der Waals surface area contributed by atoms with Crippen LogP contribution >= 0.6 is 23.2 Å². The molecule has 0 unspecified atom stereocenters. The smallest absolute Gasteiger partial charge is 0.407 e. The van der Waals surface area contributed by atoms with Gasteiger partial charge in [0.2, 0.25) is 0 Å². The van der Waals surface area contributed by atoms with Crippen LogP contribution < -0.4 is 10.7 Å². The van der Waals surface area contributed by atoms with Crippen molar-refractivity contribution in [2.45, 2.75) is 19.4 Å². The van der Waals surface area contributed by atoms with Crippen molar-refractivity contribution in [3.05, 3.63) is 82.0 Å². The number of carbonyl (C=O) groups excluding carboxylic acids is 2. The van der Waals surface area contributed by atoms with Gasteiger partial charge in [0, 0.05) is 12.0 Å². The van der Waals surface area contributed by atoms with Crippen molar-refractivity contribution in [2.75, 3.05) is 6.61 Å². The molecule has 0 fully saturated rings. The Morgan fingerprint density at radius 1 is 1.09 bits per heavy atom. The molecule has 0 radical (unpaired) electrons. The van der Waals surface area contributed by atoms with Crippen LogP contribution in [0.3, 0.4) is 0 Å². The number of benzene rings is 2. The van der Waals surface area contributed by atoms with Crippen molar-refractivity contribution in [2.24, 2.45) is 5.10 Å². The van der Waals surface area contributed by atoms with Gasteiger partial charge in [0.25, 0.3) is 5.91 Å². The lowest BCUT2D eigenvalue weighted by Crippen LogP contribution is -2.47. The molecule has 2 aromatic carbocycles. The highest BCUT2D eigenvalue weighted by Crippen LogP contribution is 2.34. The van der Waals surface area contributed by atoms with Crippen LogP contribution in [-0.2, 0) is 16.0 Å². The predicted octanol–water partition coefficient (Wildman–Crippen LogP) is 5.06. The van der Waals surface area contributed by atoms with Gasteiger partial charge in [-0.15, -0.1) is 0 Å². The van der Waals surface area contributed by atoms with E-state index in [1.54, 1.807) is 37.3 Å². The zero-order valence-corrected chi connectivity index (χ0v) is 18.7. The maximum Gasteiger partial charge on any atom is 0.407 e. The van der Waals surface area contributed by atoms with Crippen molar-refractivity contribution < 1.29 is 18.7 Å². The number of hydrazone groups is 1. The second-order valence-electron chi connectivity index (χ2n) is 6.64. The summed E-state index contributed by atoms with van der Waals surface area (Å²) in [4.78, 5) is 24.5. The highest BCUT2D eigenvalue weighted by atomic mass is 35.5. The lowest BCUT2D eigenvalue weighted by molar-refractivity contribution is -0.123. The molecule has 2 amide bonds. The SMILES string of the molecule is CCOC(=O)N[C@@H](Cc1ccccc1)C(=O)N/N=C\c1ccc(-c2cccc(Cl)c2Cl)o1. The number of alkyl carbamates (subject to hydrolysis) is 1. The number of rotatable bonds is 8. The Bertz CT molecular complexity index is 1100. The van der Waals surface area contributed by atoms with Crippen molar-refractivity contribution in [1.29, 1.82) is 0 Å². The van der Waals surface area contributed by atoms with E-state index in [2.05, 4.69) is 15.8 Å². The molecule has 3 aromatic rings. The lowest BCUT2D eigenvalue weighted by Gasteiger charge is -2.16. The molecular weight excluding hydrogens is 453 g/mol. The molecule has 0 spiro atoms. The van der Waals surface area contributed by atoms with Crippen LogP contribution in [0.4, 0.5) is 4.79 Å². The van der Waals surface area contributed by atoms with E-state index < -0.39 is 18.0 Å². The Balaban J connectivity index is 1.66. The Morgan fingerprint density at radius 2 is 1.88 bits per heavy atom. The number of hydrogen-bond acceptors (Lipinski definition) is 5. The Morgan fingerprint density at radius 3 is 2.62 bits per heavy atom. The van der Waals surface area contributed by atoms with E-state index >= 15 is 0 Å². The van der Waals surface area contributed by atoms with Crippen LogP contribution in [0.15, 0.2) is 70.2 Å². The van der Waals surface area contributed by atoms with Crippen LogP contribution in [0.25, 0.3) is 11.3 Å². The third-order valence-electron chi connectivity index (χ3n) is 4.38. The van der Waals surface area contributed by atoms with E-state index in [0.29, 0.717) is 27.1 Å². The van der Waals surface area contributed by atoms with Crippen LogP contribution in [0.1, 0.15) is 18.2 Å². The number of amides is 2. The second kappa shape index (κ2) is 11.4. The first-order chi connectivity index (χ1) is 15.5. The van der Waals surface area contributed by atoms with Gasteiger partial charge in [0.1, 0.15) is 17.6 Å². The second-order valence-corrected chi connectivity index (χ2v) is 7.43. The van der Waals surface area contributed by atoms with Crippen molar-refractivity contribution in [3.63, 3.8) is 0 Å². The van der Waals surface area contributed by atoms with E-state index in [9.17, 15) is 9.59 Å². The molecule has 0 aliphatic rings. The molecule has 7 nitrogen and oxygen atoms in total.